The quantitative estimate of drug-likeness (QED) is 0.373. The predicted octanol–water partition coefficient (Wildman–Crippen LogP) is 0.789. The number of nitrogens with zero attached hydrogens (tertiary/aromatic N) is 4. The Hall–Kier alpha value is -2.57. The lowest BCUT2D eigenvalue weighted by molar-refractivity contribution is 0.0788. The van der Waals surface area contributed by atoms with E-state index in [0.717, 1.165) is 5.52 Å². The van der Waals surface area contributed by atoms with Gasteiger partial charge in [0.2, 0.25) is 0 Å². The number of oxime groups is 1. The standard InChI is InChI=1S/C13H17N5O2/c1-9(12(14)16-20)8-17(2)13(19)10-7-15-18-6-4-3-5-11(10)18/h3-7,9,20H,8H2,1-2H3,(H2,14,16). The fraction of sp³-hybridized carbons (Fsp3) is 0.308. The Morgan fingerprint density at radius 2 is 2.35 bits per heavy atom. The Kier molecular flexibility index (Phi) is 3.88. The van der Waals surface area contributed by atoms with Crippen LogP contribution in [0.5, 0.6) is 0 Å². The molecule has 0 fully saturated rings. The van der Waals surface area contributed by atoms with Crippen molar-refractivity contribution in [2.24, 2.45) is 16.8 Å². The van der Waals surface area contributed by atoms with Crippen LogP contribution in [-0.4, -0.2) is 45.1 Å². The van der Waals surface area contributed by atoms with Crippen molar-refractivity contribution >= 4 is 17.3 Å². The molecule has 2 aromatic heterocycles. The molecule has 106 valence electrons. The van der Waals surface area contributed by atoms with Crippen molar-refractivity contribution in [1.29, 1.82) is 0 Å². The lowest BCUT2D eigenvalue weighted by Gasteiger charge is -2.20. The maximum absolute atomic E-state index is 12.4. The van der Waals surface area contributed by atoms with Gasteiger partial charge in [-0.25, -0.2) is 4.52 Å². The third-order valence-electron chi connectivity index (χ3n) is 3.17. The first-order chi connectivity index (χ1) is 9.54. The third kappa shape index (κ3) is 2.56. The molecule has 1 unspecified atom stereocenters. The number of amides is 1. The highest BCUT2D eigenvalue weighted by Gasteiger charge is 2.19. The lowest BCUT2D eigenvalue weighted by atomic mass is 10.1. The zero-order valence-corrected chi connectivity index (χ0v) is 11.4. The molecular weight excluding hydrogens is 258 g/mol. The second-order valence-corrected chi connectivity index (χ2v) is 4.70. The second kappa shape index (κ2) is 5.60. The summed E-state index contributed by atoms with van der Waals surface area (Å²) in [6.07, 6.45) is 3.33. The van der Waals surface area contributed by atoms with Gasteiger partial charge in [0.15, 0.2) is 0 Å². The molecule has 1 amide bonds. The van der Waals surface area contributed by atoms with Crippen LogP contribution >= 0.6 is 0 Å². The number of pyridine rings is 1. The van der Waals surface area contributed by atoms with Crippen LogP contribution in [0.3, 0.4) is 0 Å². The van der Waals surface area contributed by atoms with E-state index in [-0.39, 0.29) is 17.7 Å². The minimum atomic E-state index is -0.226. The van der Waals surface area contributed by atoms with E-state index in [1.54, 1.807) is 30.9 Å². The molecule has 0 aromatic carbocycles. The van der Waals surface area contributed by atoms with Crippen LogP contribution in [-0.2, 0) is 0 Å². The van der Waals surface area contributed by atoms with Crippen LogP contribution in [0, 0.1) is 5.92 Å². The molecule has 20 heavy (non-hydrogen) atoms. The van der Waals surface area contributed by atoms with Crippen LogP contribution in [0.2, 0.25) is 0 Å². The fourth-order valence-electron chi connectivity index (χ4n) is 1.99. The molecule has 0 saturated carbocycles. The maximum Gasteiger partial charge on any atom is 0.257 e. The highest BCUT2D eigenvalue weighted by atomic mass is 16.4. The van der Waals surface area contributed by atoms with Gasteiger partial charge in [-0.1, -0.05) is 18.1 Å². The largest absolute Gasteiger partial charge is 0.409 e. The van der Waals surface area contributed by atoms with Crippen LogP contribution < -0.4 is 5.73 Å². The summed E-state index contributed by atoms with van der Waals surface area (Å²) in [6.45, 7) is 2.15. The van der Waals surface area contributed by atoms with E-state index in [4.69, 9.17) is 10.9 Å². The topological polar surface area (TPSA) is 96.2 Å². The van der Waals surface area contributed by atoms with Gasteiger partial charge in [-0.2, -0.15) is 5.10 Å². The van der Waals surface area contributed by atoms with Crippen LogP contribution in [0.1, 0.15) is 17.3 Å². The first-order valence-corrected chi connectivity index (χ1v) is 6.20. The normalized spacial score (nSPS) is 13.4. The summed E-state index contributed by atoms with van der Waals surface area (Å²) in [4.78, 5) is 13.9. The Bertz CT molecular complexity index is 649. The van der Waals surface area contributed by atoms with Gasteiger partial charge < -0.3 is 15.8 Å². The highest BCUT2D eigenvalue weighted by Crippen LogP contribution is 2.13. The smallest absolute Gasteiger partial charge is 0.257 e. The van der Waals surface area contributed by atoms with Crippen molar-refractivity contribution in [2.75, 3.05) is 13.6 Å². The molecule has 0 spiro atoms. The van der Waals surface area contributed by atoms with Gasteiger partial charge in [0, 0.05) is 25.7 Å². The van der Waals surface area contributed by atoms with E-state index in [1.807, 2.05) is 18.2 Å². The van der Waals surface area contributed by atoms with E-state index in [0.29, 0.717) is 12.1 Å². The molecule has 7 nitrogen and oxygen atoms in total. The second-order valence-electron chi connectivity index (χ2n) is 4.70. The van der Waals surface area contributed by atoms with Gasteiger partial charge in [-0.3, -0.25) is 4.79 Å². The molecule has 0 aliphatic carbocycles. The number of hydrogen-bond acceptors (Lipinski definition) is 4. The molecule has 7 heteroatoms. The van der Waals surface area contributed by atoms with Crippen molar-refractivity contribution in [3.63, 3.8) is 0 Å². The molecule has 2 heterocycles. The molecule has 0 aliphatic rings. The SMILES string of the molecule is CC(CN(C)C(=O)c1cnn2ccccc12)/C(N)=N/O. The first-order valence-electron chi connectivity index (χ1n) is 6.20. The molecule has 0 aliphatic heterocycles. The maximum atomic E-state index is 12.4. The number of carbonyl (C=O) groups excluding carboxylic acids is 1. The molecule has 0 saturated heterocycles. The Morgan fingerprint density at radius 3 is 3.05 bits per heavy atom. The molecule has 0 radical (unpaired) electrons. The number of nitrogens with two attached hydrogens (primary N) is 1. The van der Waals surface area contributed by atoms with Crippen LogP contribution in [0.4, 0.5) is 0 Å². The van der Waals surface area contributed by atoms with E-state index in [9.17, 15) is 4.79 Å². The number of amidine groups is 1. The summed E-state index contributed by atoms with van der Waals surface area (Å²) in [7, 11) is 1.68. The van der Waals surface area contributed by atoms with Gasteiger partial charge >= 0.3 is 0 Å². The van der Waals surface area contributed by atoms with E-state index in [2.05, 4.69) is 10.3 Å². The fourth-order valence-corrected chi connectivity index (χ4v) is 1.99. The van der Waals surface area contributed by atoms with Crippen molar-refractivity contribution in [2.45, 2.75) is 6.92 Å². The zero-order chi connectivity index (χ0) is 14.7. The Morgan fingerprint density at radius 1 is 1.60 bits per heavy atom. The van der Waals surface area contributed by atoms with Gasteiger partial charge in [0.05, 0.1) is 17.3 Å². The number of rotatable bonds is 4. The lowest BCUT2D eigenvalue weighted by Crippen LogP contribution is -2.36. The number of fused-ring (bicyclic) bond motifs is 1. The molecule has 0 bridgehead atoms. The highest BCUT2D eigenvalue weighted by molar-refractivity contribution is 6.00. The zero-order valence-electron chi connectivity index (χ0n) is 11.4. The van der Waals surface area contributed by atoms with Crippen molar-refractivity contribution in [1.82, 2.24) is 14.5 Å². The molecular formula is C13H17N5O2. The predicted molar refractivity (Wildman–Crippen MR) is 74.7 cm³/mol. The number of hydrogen-bond donors (Lipinski definition) is 2. The van der Waals surface area contributed by atoms with Crippen molar-refractivity contribution in [3.8, 4) is 0 Å². The molecule has 2 aromatic rings. The third-order valence-corrected chi connectivity index (χ3v) is 3.17. The summed E-state index contributed by atoms with van der Waals surface area (Å²) in [5.41, 5.74) is 6.80. The van der Waals surface area contributed by atoms with Gasteiger partial charge in [0.25, 0.3) is 5.91 Å². The summed E-state index contributed by atoms with van der Waals surface area (Å²) >= 11 is 0. The van der Waals surface area contributed by atoms with Crippen LogP contribution in [0.25, 0.3) is 5.52 Å². The Labute approximate surface area is 116 Å². The minimum Gasteiger partial charge on any atom is -0.409 e. The Balaban J connectivity index is 2.19. The number of aromatic nitrogens is 2. The van der Waals surface area contributed by atoms with Gasteiger partial charge in [-0.05, 0) is 12.1 Å². The summed E-state index contributed by atoms with van der Waals surface area (Å²) < 4.78 is 1.65. The van der Waals surface area contributed by atoms with Gasteiger partial charge in [0.1, 0.15) is 5.84 Å². The molecule has 1 atom stereocenters. The summed E-state index contributed by atoms with van der Waals surface area (Å²) in [5.74, 6) is -0.274. The molecule has 2 rings (SSSR count). The average Bonchev–Trinajstić information content (AvgIpc) is 2.89. The summed E-state index contributed by atoms with van der Waals surface area (Å²) in [6, 6.07) is 5.53. The van der Waals surface area contributed by atoms with E-state index in [1.165, 1.54) is 4.90 Å². The molecule has 3 N–H and O–H groups in total. The average molecular weight is 275 g/mol. The summed E-state index contributed by atoms with van der Waals surface area (Å²) in [5, 5.41) is 15.7. The van der Waals surface area contributed by atoms with E-state index < -0.39 is 0 Å². The first kappa shape index (κ1) is 13.9. The van der Waals surface area contributed by atoms with Crippen molar-refractivity contribution in [3.05, 3.63) is 36.2 Å². The van der Waals surface area contributed by atoms with Crippen LogP contribution in [0.15, 0.2) is 35.7 Å². The minimum absolute atomic E-state index is 0.101. The van der Waals surface area contributed by atoms with Gasteiger partial charge in [-0.15, -0.1) is 0 Å². The van der Waals surface area contributed by atoms with E-state index >= 15 is 0 Å². The monoisotopic (exact) mass is 275 g/mol. The van der Waals surface area contributed by atoms with Crippen molar-refractivity contribution < 1.29 is 10.0 Å². The number of carbonyl (C=O) groups is 1.